The molecule has 0 aliphatic heterocycles. The van der Waals surface area contributed by atoms with Crippen molar-refractivity contribution in [2.75, 3.05) is 0 Å². The zero-order valence-corrected chi connectivity index (χ0v) is 7.63. The smallest absolute Gasteiger partial charge is 0.303 e. The molecule has 2 N–H and O–H groups in total. The van der Waals surface area contributed by atoms with E-state index in [2.05, 4.69) is 4.52 Å². The molecule has 13 heavy (non-hydrogen) atoms. The third-order valence-corrected chi connectivity index (χ3v) is 1.78. The van der Waals surface area contributed by atoms with Crippen molar-refractivity contribution in [1.82, 2.24) is 0 Å². The molecule has 0 aliphatic carbocycles. The second kappa shape index (κ2) is 4.95. The molecule has 0 radical (unpaired) electrons. The fourth-order valence-corrected chi connectivity index (χ4v) is 1.25. The number of rotatable bonds is 5. The van der Waals surface area contributed by atoms with Crippen LogP contribution < -0.4 is 0 Å². The molecule has 0 heterocycles. The topological polar surface area (TPSA) is 66.8 Å². The minimum atomic E-state index is -4.72. The fourth-order valence-electron chi connectivity index (χ4n) is 0.697. The summed E-state index contributed by atoms with van der Waals surface area (Å²) in [4.78, 5) is 16.4. The zero-order chi connectivity index (χ0) is 10.6. The van der Waals surface area contributed by atoms with E-state index >= 15 is 0 Å². The summed E-state index contributed by atoms with van der Waals surface area (Å²) in [5.41, 5.74) is 0. The Bertz CT molecular complexity index is 194. The summed E-state index contributed by atoms with van der Waals surface area (Å²) in [6, 6.07) is 0. The molecule has 2 atom stereocenters. The Balaban J connectivity index is 3.88. The highest BCUT2D eigenvalue weighted by atomic mass is 31.2. The first kappa shape index (κ1) is 12.9. The monoisotopic (exact) mass is 222 g/mol. The van der Waals surface area contributed by atoms with Crippen LogP contribution in [0.15, 0.2) is 0 Å². The van der Waals surface area contributed by atoms with Gasteiger partial charge in [0.15, 0.2) is 6.17 Å². The maximum atomic E-state index is 12.3. The van der Waals surface area contributed by atoms with Crippen LogP contribution >= 0.6 is 7.82 Å². The molecule has 0 amide bonds. The second-order valence-corrected chi connectivity index (χ2v) is 3.68. The van der Waals surface area contributed by atoms with Gasteiger partial charge in [0.1, 0.15) is 0 Å². The maximum absolute atomic E-state index is 12.3. The van der Waals surface area contributed by atoms with Crippen LogP contribution in [0, 0.1) is 0 Å². The van der Waals surface area contributed by atoms with Gasteiger partial charge in [-0.25, -0.2) is 17.7 Å². The number of phosphoric ester groups is 1. The summed E-state index contributed by atoms with van der Waals surface area (Å²) < 4.78 is 49.6. The predicted octanol–water partition coefficient (Wildman–Crippen LogP) is 1.48. The average molecular weight is 222 g/mol. The van der Waals surface area contributed by atoms with Gasteiger partial charge in [0.05, 0.1) is 6.10 Å². The first-order chi connectivity index (χ1) is 5.72. The predicted molar refractivity (Wildman–Crippen MR) is 38.1 cm³/mol. The van der Waals surface area contributed by atoms with Crippen molar-refractivity contribution in [3.8, 4) is 0 Å². The highest BCUT2D eigenvalue weighted by molar-refractivity contribution is 7.46. The lowest BCUT2D eigenvalue weighted by molar-refractivity contribution is 0.0196. The molecule has 0 aliphatic rings. The van der Waals surface area contributed by atoms with Crippen LogP contribution in [0.25, 0.3) is 0 Å². The standard InChI is InChI=1S/C5H10F3O4P/c1-3(12-13(9,10)11)2-4(6)5(7)8/h3-5H,2H2,1H3,(H2,9,10,11). The molecule has 0 rings (SSSR count). The Labute approximate surface area is 72.9 Å². The Morgan fingerprint density at radius 1 is 1.38 bits per heavy atom. The Morgan fingerprint density at radius 2 is 1.85 bits per heavy atom. The van der Waals surface area contributed by atoms with Gasteiger partial charge in [0.2, 0.25) is 0 Å². The van der Waals surface area contributed by atoms with E-state index in [1.54, 1.807) is 0 Å². The van der Waals surface area contributed by atoms with Crippen LogP contribution in [-0.4, -0.2) is 28.5 Å². The van der Waals surface area contributed by atoms with Crippen molar-refractivity contribution in [1.29, 1.82) is 0 Å². The normalized spacial score (nSPS) is 17.5. The molecule has 0 bridgehead atoms. The van der Waals surface area contributed by atoms with Crippen molar-refractivity contribution in [3.63, 3.8) is 0 Å². The van der Waals surface area contributed by atoms with E-state index in [1.807, 2.05) is 0 Å². The van der Waals surface area contributed by atoms with Gasteiger partial charge in [-0.05, 0) is 6.92 Å². The van der Waals surface area contributed by atoms with E-state index in [0.29, 0.717) is 0 Å². The lowest BCUT2D eigenvalue weighted by atomic mass is 10.2. The van der Waals surface area contributed by atoms with E-state index in [4.69, 9.17) is 9.79 Å². The maximum Gasteiger partial charge on any atom is 0.469 e. The number of alkyl halides is 3. The summed E-state index contributed by atoms with van der Waals surface area (Å²) >= 11 is 0. The third-order valence-electron chi connectivity index (χ3n) is 1.15. The molecule has 0 saturated heterocycles. The van der Waals surface area contributed by atoms with E-state index < -0.39 is 32.9 Å². The van der Waals surface area contributed by atoms with Gasteiger partial charge >= 0.3 is 7.82 Å². The lowest BCUT2D eigenvalue weighted by Crippen LogP contribution is -2.20. The molecule has 0 spiro atoms. The number of hydrogen-bond donors (Lipinski definition) is 2. The van der Waals surface area contributed by atoms with E-state index in [-0.39, 0.29) is 0 Å². The molecule has 0 aromatic rings. The van der Waals surface area contributed by atoms with E-state index in [9.17, 15) is 17.7 Å². The largest absolute Gasteiger partial charge is 0.469 e. The van der Waals surface area contributed by atoms with Crippen LogP contribution in [0.2, 0.25) is 0 Å². The van der Waals surface area contributed by atoms with Crippen molar-refractivity contribution in [2.24, 2.45) is 0 Å². The Hall–Kier alpha value is -0.100. The number of hydrogen-bond acceptors (Lipinski definition) is 2. The van der Waals surface area contributed by atoms with Gasteiger partial charge in [0.25, 0.3) is 6.43 Å². The van der Waals surface area contributed by atoms with Gasteiger partial charge in [-0.15, -0.1) is 0 Å². The molecular weight excluding hydrogens is 212 g/mol. The second-order valence-electron chi connectivity index (χ2n) is 2.49. The highest BCUT2D eigenvalue weighted by Crippen LogP contribution is 2.38. The molecule has 2 unspecified atom stereocenters. The third kappa shape index (κ3) is 7.01. The minimum Gasteiger partial charge on any atom is -0.303 e. The SMILES string of the molecule is CC(CC(F)C(F)F)OP(=O)(O)O. The summed E-state index contributed by atoms with van der Waals surface area (Å²) in [7, 11) is -4.72. The van der Waals surface area contributed by atoms with Gasteiger partial charge in [-0.2, -0.15) is 0 Å². The Morgan fingerprint density at radius 3 is 2.15 bits per heavy atom. The van der Waals surface area contributed by atoms with Gasteiger partial charge in [-0.3, -0.25) is 4.52 Å². The van der Waals surface area contributed by atoms with Crippen LogP contribution in [0.3, 0.4) is 0 Å². The molecule has 80 valence electrons. The van der Waals surface area contributed by atoms with Crippen molar-refractivity contribution in [3.05, 3.63) is 0 Å². The van der Waals surface area contributed by atoms with Gasteiger partial charge in [-0.1, -0.05) is 0 Å². The lowest BCUT2D eigenvalue weighted by Gasteiger charge is -2.15. The summed E-state index contributed by atoms with van der Waals surface area (Å²) in [5, 5.41) is 0. The quantitative estimate of drug-likeness (QED) is 0.691. The van der Waals surface area contributed by atoms with Gasteiger partial charge in [0, 0.05) is 6.42 Å². The van der Waals surface area contributed by atoms with Gasteiger partial charge < -0.3 is 9.79 Å². The molecular formula is C5H10F3O4P. The number of phosphoric acid groups is 1. The summed E-state index contributed by atoms with van der Waals surface area (Å²) in [6.45, 7) is 1.11. The molecule has 0 aromatic heterocycles. The van der Waals surface area contributed by atoms with Crippen LogP contribution in [0.5, 0.6) is 0 Å². The number of halogens is 3. The fraction of sp³-hybridized carbons (Fsp3) is 1.00. The zero-order valence-electron chi connectivity index (χ0n) is 6.73. The molecule has 0 fully saturated rings. The molecule has 8 heteroatoms. The first-order valence-corrected chi connectivity index (χ1v) is 4.91. The van der Waals surface area contributed by atoms with Crippen molar-refractivity contribution in [2.45, 2.75) is 32.0 Å². The van der Waals surface area contributed by atoms with Crippen LogP contribution in [0.1, 0.15) is 13.3 Å². The molecule has 4 nitrogen and oxygen atoms in total. The van der Waals surface area contributed by atoms with Crippen LogP contribution in [-0.2, 0) is 9.09 Å². The summed E-state index contributed by atoms with van der Waals surface area (Å²) in [5.74, 6) is 0. The first-order valence-electron chi connectivity index (χ1n) is 3.38. The van der Waals surface area contributed by atoms with Crippen molar-refractivity contribution < 1.29 is 32.0 Å². The van der Waals surface area contributed by atoms with E-state index in [0.717, 1.165) is 6.92 Å². The van der Waals surface area contributed by atoms with E-state index in [1.165, 1.54) is 0 Å². The van der Waals surface area contributed by atoms with Crippen LogP contribution in [0.4, 0.5) is 13.2 Å². The minimum absolute atomic E-state index is 0.747. The van der Waals surface area contributed by atoms with Crippen molar-refractivity contribution >= 4 is 7.82 Å². The molecule has 0 aromatic carbocycles. The highest BCUT2D eigenvalue weighted by Gasteiger charge is 2.26. The summed E-state index contributed by atoms with van der Waals surface area (Å²) in [6.07, 6.45) is -7.59. The molecule has 0 saturated carbocycles. The average Bonchev–Trinajstić information content (AvgIpc) is 1.81. The Kier molecular flexibility index (Phi) is 4.91.